The highest BCUT2D eigenvalue weighted by molar-refractivity contribution is 9.10. The van der Waals surface area contributed by atoms with Gasteiger partial charge >= 0.3 is 0 Å². The zero-order valence-corrected chi connectivity index (χ0v) is 17.8. The van der Waals surface area contributed by atoms with E-state index in [9.17, 15) is 9.59 Å². The molecule has 0 saturated carbocycles. The van der Waals surface area contributed by atoms with Crippen LogP contribution in [-0.2, 0) is 11.3 Å². The van der Waals surface area contributed by atoms with Gasteiger partial charge < -0.3 is 4.90 Å². The summed E-state index contributed by atoms with van der Waals surface area (Å²) in [6.45, 7) is 8.31. The molecule has 1 aromatic carbocycles. The monoisotopic (exact) mass is 437 g/mol. The van der Waals surface area contributed by atoms with Gasteiger partial charge in [-0.25, -0.2) is 4.98 Å². The molecule has 0 spiro atoms. The molecule has 1 aliphatic heterocycles. The minimum absolute atomic E-state index is 0.0479. The van der Waals surface area contributed by atoms with Crippen LogP contribution in [0.25, 0.3) is 10.9 Å². The maximum atomic E-state index is 13.0. The number of fused-ring (bicyclic) bond motifs is 1. The van der Waals surface area contributed by atoms with Crippen LogP contribution in [0.2, 0.25) is 0 Å². The van der Waals surface area contributed by atoms with Gasteiger partial charge in [0.1, 0.15) is 0 Å². The fraction of sp³-hybridized carbons (Fsp3) is 0.526. The van der Waals surface area contributed by atoms with E-state index in [-0.39, 0.29) is 16.7 Å². The molecule has 1 aliphatic rings. The molecule has 2 heterocycles. The summed E-state index contributed by atoms with van der Waals surface area (Å²) in [4.78, 5) is 32.3. The maximum Gasteiger partial charge on any atom is 0.262 e. The maximum absolute atomic E-state index is 13.0. The molecule has 0 N–H and O–H groups in total. The first kappa shape index (κ1) is 19.4. The molecule has 2 aromatic rings. The summed E-state index contributed by atoms with van der Waals surface area (Å²) in [7, 11) is 0. The van der Waals surface area contributed by atoms with E-state index < -0.39 is 0 Å². The van der Waals surface area contributed by atoms with Crippen LogP contribution in [-0.4, -0.2) is 38.7 Å². The lowest BCUT2D eigenvalue weighted by Crippen LogP contribution is -2.35. The Kier molecular flexibility index (Phi) is 6.07. The zero-order valence-electron chi connectivity index (χ0n) is 15.4. The van der Waals surface area contributed by atoms with Gasteiger partial charge in [-0.3, -0.25) is 14.2 Å². The van der Waals surface area contributed by atoms with Crippen molar-refractivity contribution in [1.29, 1.82) is 0 Å². The Hall–Kier alpha value is -1.34. The van der Waals surface area contributed by atoms with E-state index in [1.54, 1.807) is 4.57 Å². The molecule has 1 unspecified atom stereocenters. The lowest BCUT2D eigenvalue weighted by molar-refractivity contribution is -0.129. The fourth-order valence-corrected chi connectivity index (χ4v) is 4.55. The van der Waals surface area contributed by atoms with Gasteiger partial charge in [0, 0.05) is 24.1 Å². The number of amides is 1. The Morgan fingerprint density at radius 2 is 1.96 bits per heavy atom. The van der Waals surface area contributed by atoms with Crippen molar-refractivity contribution in [3.8, 4) is 0 Å². The molecule has 1 amide bonds. The van der Waals surface area contributed by atoms with Crippen LogP contribution in [0.3, 0.4) is 0 Å². The molecule has 140 valence electrons. The third-order valence-electron chi connectivity index (χ3n) is 4.48. The topological polar surface area (TPSA) is 55.2 Å². The van der Waals surface area contributed by atoms with Gasteiger partial charge in [0.25, 0.3) is 5.56 Å². The van der Waals surface area contributed by atoms with Crippen LogP contribution >= 0.6 is 27.7 Å². The average molecular weight is 438 g/mol. The number of thioether (sulfide) groups is 1. The zero-order chi connectivity index (χ0) is 18.8. The quantitative estimate of drug-likeness (QED) is 0.525. The molecule has 0 bridgehead atoms. The van der Waals surface area contributed by atoms with Gasteiger partial charge in [-0.15, -0.1) is 0 Å². The smallest absolute Gasteiger partial charge is 0.262 e. The number of aromatic nitrogens is 2. The summed E-state index contributed by atoms with van der Waals surface area (Å²) in [6.07, 6.45) is 2.15. The molecule has 0 aliphatic carbocycles. The number of likely N-dealkylation sites (tertiary alicyclic amines) is 1. The summed E-state index contributed by atoms with van der Waals surface area (Å²) < 4.78 is 2.58. The number of nitrogens with zero attached hydrogens (tertiary/aromatic N) is 3. The van der Waals surface area contributed by atoms with E-state index in [4.69, 9.17) is 4.98 Å². The van der Waals surface area contributed by atoms with Crippen LogP contribution in [0.1, 0.15) is 33.6 Å². The van der Waals surface area contributed by atoms with Gasteiger partial charge in [0.2, 0.25) is 5.91 Å². The first-order valence-corrected chi connectivity index (χ1v) is 10.7. The third-order valence-corrected chi connectivity index (χ3v) is 6.05. The van der Waals surface area contributed by atoms with Crippen LogP contribution in [0.4, 0.5) is 0 Å². The molecule has 1 saturated heterocycles. The van der Waals surface area contributed by atoms with Crippen LogP contribution in [0, 0.1) is 5.92 Å². The summed E-state index contributed by atoms with van der Waals surface area (Å²) in [5.74, 6) is 0.441. The van der Waals surface area contributed by atoms with E-state index >= 15 is 0 Å². The molecular weight excluding hydrogens is 414 g/mol. The number of halogens is 1. The van der Waals surface area contributed by atoms with Gasteiger partial charge in [0.05, 0.1) is 16.2 Å². The predicted octanol–water partition coefficient (Wildman–Crippen LogP) is 3.92. The van der Waals surface area contributed by atoms with Crippen molar-refractivity contribution >= 4 is 44.5 Å². The van der Waals surface area contributed by atoms with Crippen molar-refractivity contribution in [1.82, 2.24) is 14.5 Å². The summed E-state index contributed by atoms with van der Waals surface area (Å²) in [5.41, 5.74) is 0.620. The standard InChI is InChI=1S/C19H24BrN3O2S/c1-12(2)11-23-18(25)15-10-14(20)6-7-16(15)21-19(23)26-13(3)17(24)22-8-4-5-9-22/h6-7,10,12-13H,4-5,8-9,11H2,1-3H3. The molecule has 26 heavy (non-hydrogen) atoms. The molecule has 1 atom stereocenters. The van der Waals surface area contributed by atoms with Crippen LogP contribution < -0.4 is 5.56 Å². The average Bonchev–Trinajstić information content (AvgIpc) is 3.12. The molecule has 1 aromatic heterocycles. The van der Waals surface area contributed by atoms with Gasteiger partial charge in [-0.05, 0) is 43.9 Å². The molecule has 3 rings (SSSR count). The number of carbonyl (C=O) groups is 1. The molecular formula is C19H24BrN3O2S. The Balaban J connectivity index is 1.98. The number of carbonyl (C=O) groups excluding carboxylic acids is 1. The van der Waals surface area contributed by atoms with E-state index in [1.807, 2.05) is 30.0 Å². The highest BCUT2D eigenvalue weighted by Crippen LogP contribution is 2.26. The molecule has 5 nitrogen and oxygen atoms in total. The fourth-order valence-electron chi connectivity index (χ4n) is 3.19. The van der Waals surface area contributed by atoms with Crippen molar-refractivity contribution in [3.63, 3.8) is 0 Å². The van der Waals surface area contributed by atoms with Crippen molar-refractivity contribution in [2.75, 3.05) is 13.1 Å². The lowest BCUT2D eigenvalue weighted by atomic mass is 10.2. The molecule has 0 radical (unpaired) electrons. The predicted molar refractivity (Wildman–Crippen MR) is 110 cm³/mol. The van der Waals surface area contributed by atoms with Gasteiger partial charge in [0.15, 0.2) is 5.16 Å². The van der Waals surface area contributed by atoms with E-state index in [2.05, 4.69) is 29.8 Å². The third kappa shape index (κ3) is 4.14. The number of hydrogen-bond acceptors (Lipinski definition) is 4. The largest absolute Gasteiger partial charge is 0.342 e. The Morgan fingerprint density at radius 3 is 2.62 bits per heavy atom. The van der Waals surface area contributed by atoms with E-state index in [0.29, 0.717) is 28.5 Å². The Labute approximate surface area is 166 Å². The van der Waals surface area contributed by atoms with Crippen LogP contribution in [0.5, 0.6) is 0 Å². The minimum atomic E-state index is -0.258. The van der Waals surface area contributed by atoms with Crippen molar-refractivity contribution in [2.24, 2.45) is 5.92 Å². The highest BCUT2D eigenvalue weighted by Gasteiger charge is 2.26. The van der Waals surface area contributed by atoms with Crippen molar-refractivity contribution < 1.29 is 4.79 Å². The second-order valence-electron chi connectivity index (χ2n) is 7.16. The lowest BCUT2D eigenvalue weighted by Gasteiger charge is -2.21. The normalized spacial score (nSPS) is 15.8. The van der Waals surface area contributed by atoms with Gasteiger partial charge in [-0.1, -0.05) is 41.5 Å². The van der Waals surface area contributed by atoms with Gasteiger partial charge in [-0.2, -0.15) is 0 Å². The number of rotatable bonds is 5. The van der Waals surface area contributed by atoms with Crippen molar-refractivity contribution in [3.05, 3.63) is 33.0 Å². The summed E-state index contributed by atoms with van der Waals surface area (Å²) >= 11 is 4.82. The first-order valence-electron chi connectivity index (χ1n) is 9.02. The van der Waals surface area contributed by atoms with E-state index in [1.165, 1.54) is 11.8 Å². The first-order chi connectivity index (χ1) is 12.4. The SMILES string of the molecule is CC(C)Cn1c(SC(C)C(=O)N2CCCC2)nc2ccc(Br)cc2c1=O. The minimum Gasteiger partial charge on any atom is -0.342 e. The second kappa shape index (κ2) is 8.13. The highest BCUT2D eigenvalue weighted by atomic mass is 79.9. The molecule has 1 fully saturated rings. The summed E-state index contributed by atoms with van der Waals surface area (Å²) in [5, 5.41) is 0.966. The second-order valence-corrected chi connectivity index (χ2v) is 9.38. The number of benzene rings is 1. The Bertz CT molecular complexity index is 875. The van der Waals surface area contributed by atoms with Crippen molar-refractivity contribution in [2.45, 2.75) is 50.6 Å². The number of hydrogen-bond donors (Lipinski definition) is 0. The van der Waals surface area contributed by atoms with E-state index in [0.717, 1.165) is 30.4 Å². The summed E-state index contributed by atoms with van der Waals surface area (Å²) in [6, 6.07) is 5.54. The molecule has 7 heteroatoms. The Morgan fingerprint density at radius 1 is 1.27 bits per heavy atom. The van der Waals surface area contributed by atoms with Crippen LogP contribution in [0.15, 0.2) is 32.6 Å².